The Labute approximate surface area is 79.7 Å². The lowest BCUT2D eigenvalue weighted by Gasteiger charge is -1.99. The molecule has 0 aliphatic carbocycles. The first-order valence-electron chi connectivity index (χ1n) is 3.17. The summed E-state index contributed by atoms with van der Waals surface area (Å²) in [4.78, 5) is 10.6. The number of hydrogen-bond acceptors (Lipinski definition) is 2. The second kappa shape index (κ2) is 8.30. The van der Waals surface area contributed by atoms with Crippen molar-refractivity contribution in [3.63, 3.8) is 0 Å². The summed E-state index contributed by atoms with van der Waals surface area (Å²) in [5, 5.41) is 0. The van der Waals surface area contributed by atoms with Crippen LogP contribution in [0.3, 0.4) is 0 Å². The summed E-state index contributed by atoms with van der Waals surface area (Å²) in [6, 6.07) is 0. The van der Waals surface area contributed by atoms with Gasteiger partial charge >= 0.3 is 0 Å². The third kappa shape index (κ3) is 7.31. The molecule has 0 aromatic rings. The van der Waals surface area contributed by atoms with Crippen molar-refractivity contribution < 1.29 is 4.79 Å². The quantitative estimate of drug-likeness (QED) is 0.530. The maximum absolute atomic E-state index is 10.6. The normalized spacial score (nSPS) is 9.33. The predicted octanol–water partition coefficient (Wildman–Crippen LogP) is 1.97. The lowest BCUT2D eigenvalue weighted by atomic mass is 10.1. The smallest absolute Gasteiger partial charge is 0.244 e. The molecule has 3 nitrogen and oxygen atoms in total. The van der Waals surface area contributed by atoms with E-state index in [1.54, 1.807) is 13.0 Å². The number of allylic oxidation sites excluding steroid dienone is 2. The molecule has 72 valence electrons. The molecule has 0 rings (SSSR count). The first kappa shape index (κ1) is 17.3. The van der Waals surface area contributed by atoms with Crippen molar-refractivity contribution in [1.82, 2.24) is 6.15 Å². The van der Waals surface area contributed by atoms with Crippen molar-refractivity contribution in [2.45, 2.75) is 20.3 Å². The summed E-state index contributed by atoms with van der Waals surface area (Å²) in [7, 11) is 0. The Hall–Kier alpha value is -0.800. The van der Waals surface area contributed by atoms with E-state index in [2.05, 4.69) is 6.58 Å². The molecule has 1 amide bonds. The van der Waals surface area contributed by atoms with Crippen LogP contribution in [-0.2, 0) is 4.79 Å². The number of hydrogen-bond donors (Lipinski definition) is 2. The number of carbonyl (C=O) groups is 1. The molecular weight excluding hydrogens is 176 g/mol. The topological polar surface area (TPSA) is 78.1 Å². The van der Waals surface area contributed by atoms with Gasteiger partial charge in [0.15, 0.2) is 0 Å². The van der Waals surface area contributed by atoms with Gasteiger partial charge in [-0.1, -0.05) is 18.2 Å². The molecule has 12 heavy (non-hydrogen) atoms. The molecule has 0 atom stereocenters. The van der Waals surface area contributed by atoms with Crippen LogP contribution in [0.4, 0.5) is 0 Å². The van der Waals surface area contributed by atoms with Gasteiger partial charge in [0.25, 0.3) is 0 Å². The Morgan fingerprint density at radius 1 is 1.58 bits per heavy atom. The third-order valence-corrected chi connectivity index (χ3v) is 1.16. The zero-order valence-electron chi connectivity index (χ0n) is 7.59. The predicted molar refractivity (Wildman–Crippen MR) is 54.7 cm³/mol. The fourth-order valence-electron chi connectivity index (χ4n) is 0.657. The van der Waals surface area contributed by atoms with Crippen LogP contribution in [0.5, 0.6) is 0 Å². The Morgan fingerprint density at radius 2 is 2.00 bits per heavy atom. The van der Waals surface area contributed by atoms with Crippen LogP contribution >= 0.6 is 12.4 Å². The highest BCUT2D eigenvalue weighted by atomic mass is 35.5. The van der Waals surface area contributed by atoms with E-state index in [0.717, 1.165) is 5.57 Å². The van der Waals surface area contributed by atoms with Gasteiger partial charge in [0.1, 0.15) is 0 Å². The summed E-state index contributed by atoms with van der Waals surface area (Å²) in [5.74, 6) is -0.356. The van der Waals surface area contributed by atoms with Crippen LogP contribution in [0, 0.1) is 0 Å². The molecule has 0 bridgehead atoms. The number of nitrogens with two attached hydrogens (primary N) is 1. The molecule has 0 aliphatic rings. The van der Waals surface area contributed by atoms with Crippen molar-refractivity contribution in [3.05, 3.63) is 23.8 Å². The fourth-order valence-corrected chi connectivity index (χ4v) is 0.657. The molecule has 5 N–H and O–H groups in total. The van der Waals surface area contributed by atoms with Gasteiger partial charge in [0.05, 0.1) is 0 Å². The monoisotopic (exact) mass is 192 g/mol. The minimum absolute atomic E-state index is 0. The average Bonchev–Trinajstić information content (AvgIpc) is 1.81. The van der Waals surface area contributed by atoms with Gasteiger partial charge in [-0.3, -0.25) is 4.79 Å². The third-order valence-electron chi connectivity index (χ3n) is 1.16. The number of rotatable bonds is 3. The molecule has 0 saturated heterocycles. The van der Waals surface area contributed by atoms with Crippen molar-refractivity contribution in [2.75, 3.05) is 0 Å². The zero-order chi connectivity index (χ0) is 8.15. The van der Waals surface area contributed by atoms with E-state index in [9.17, 15) is 4.79 Å². The van der Waals surface area contributed by atoms with E-state index >= 15 is 0 Å². The van der Waals surface area contributed by atoms with Gasteiger partial charge in [0.2, 0.25) is 5.91 Å². The summed E-state index contributed by atoms with van der Waals surface area (Å²) >= 11 is 0. The summed E-state index contributed by atoms with van der Waals surface area (Å²) in [5.41, 5.74) is 6.63. The molecule has 0 spiro atoms. The molecule has 0 aromatic carbocycles. The summed E-state index contributed by atoms with van der Waals surface area (Å²) in [6.45, 7) is 7.34. The minimum atomic E-state index is -0.356. The van der Waals surface area contributed by atoms with E-state index in [-0.39, 0.29) is 24.5 Å². The molecule has 0 radical (unpaired) electrons. The second-order valence-electron chi connectivity index (χ2n) is 2.31. The van der Waals surface area contributed by atoms with E-state index in [0.29, 0.717) is 12.0 Å². The zero-order valence-corrected chi connectivity index (χ0v) is 8.41. The van der Waals surface area contributed by atoms with Crippen molar-refractivity contribution in [3.8, 4) is 0 Å². The fraction of sp³-hybridized carbons (Fsp3) is 0.375. The average molecular weight is 193 g/mol. The first-order chi connectivity index (χ1) is 4.57. The molecule has 4 heteroatoms. The molecule has 0 saturated carbocycles. The maximum atomic E-state index is 10.6. The van der Waals surface area contributed by atoms with Crippen molar-refractivity contribution in [1.29, 1.82) is 0 Å². The molecule has 0 aromatic heterocycles. The lowest BCUT2D eigenvalue weighted by molar-refractivity contribution is -0.114. The Balaban J connectivity index is -0.000000405. The SMILES string of the molecule is C=C(C)CC(=CC)C(N)=O.Cl.N. The second-order valence-corrected chi connectivity index (χ2v) is 2.31. The minimum Gasteiger partial charge on any atom is -0.366 e. The Bertz CT molecular complexity index is 187. The van der Waals surface area contributed by atoms with Crippen molar-refractivity contribution in [2.24, 2.45) is 5.73 Å². The van der Waals surface area contributed by atoms with Crippen LogP contribution in [-0.4, -0.2) is 5.91 Å². The van der Waals surface area contributed by atoms with Gasteiger partial charge in [0, 0.05) is 5.57 Å². The molecule has 0 aliphatic heterocycles. The van der Waals surface area contributed by atoms with Gasteiger partial charge < -0.3 is 11.9 Å². The highest BCUT2D eigenvalue weighted by Crippen LogP contribution is 2.06. The maximum Gasteiger partial charge on any atom is 0.244 e. The standard InChI is InChI=1S/C8H13NO.ClH.H3N/c1-4-7(8(9)10)5-6(2)3;;/h4H,2,5H2,1,3H3,(H2,9,10);1H;1H3. The number of halogens is 1. The molecule has 0 unspecified atom stereocenters. The highest BCUT2D eigenvalue weighted by molar-refractivity contribution is 5.92. The molecular formula is C8H17ClN2O. The highest BCUT2D eigenvalue weighted by Gasteiger charge is 2.01. The summed E-state index contributed by atoms with van der Waals surface area (Å²) in [6.07, 6.45) is 2.31. The number of primary amides is 1. The Morgan fingerprint density at radius 3 is 2.08 bits per heavy atom. The van der Waals surface area contributed by atoms with Crippen LogP contribution in [0.25, 0.3) is 0 Å². The van der Waals surface area contributed by atoms with E-state index in [4.69, 9.17) is 5.73 Å². The van der Waals surface area contributed by atoms with E-state index in [1.807, 2.05) is 6.92 Å². The van der Waals surface area contributed by atoms with Crippen molar-refractivity contribution >= 4 is 18.3 Å². The number of amides is 1. The first-order valence-corrected chi connectivity index (χ1v) is 3.17. The van der Waals surface area contributed by atoms with Crippen LogP contribution in [0.1, 0.15) is 20.3 Å². The summed E-state index contributed by atoms with van der Waals surface area (Å²) < 4.78 is 0. The lowest BCUT2D eigenvalue weighted by Crippen LogP contribution is -2.13. The van der Waals surface area contributed by atoms with E-state index in [1.165, 1.54) is 0 Å². The van der Waals surface area contributed by atoms with Gasteiger partial charge in [-0.2, -0.15) is 0 Å². The van der Waals surface area contributed by atoms with E-state index < -0.39 is 0 Å². The largest absolute Gasteiger partial charge is 0.366 e. The van der Waals surface area contributed by atoms with Crippen LogP contribution in [0.2, 0.25) is 0 Å². The van der Waals surface area contributed by atoms with Gasteiger partial charge in [-0.05, 0) is 20.3 Å². The van der Waals surface area contributed by atoms with Gasteiger partial charge in [-0.15, -0.1) is 12.4 Å². The molecule has 0 fully saturated rings. The number of carbonyl (C=O) groups excluding carboxylic acids is 1. The van der Waals surface area contributed by atoms with Crippen LogP contribution < -0.4 is 11.9 Å². The molecule has 0 heterocycles. The van der Waals surface area contributed by atoms with Gasteiger partial charge in [-0.25, -0.2) is 0 Å². The Kier molecular flexibility index (Phi) is 12.0. The van der Waals surface area contributed by atoms with Crippen LogP contribution in [0.15, 0.2) is 23.8 Å².